The van der Waals surface area contributed by atoms with Gasteiger partial charge in [-0.3, -0.25) is 0 Å². The first-order valence-electron chi connectivity index (χ1n) is 5.86. The number of hydrogen-bond acceptors (Lipinski definition) is 4. The fraction of sp³-hybridized carbons (Fsp3) is 0.143. The van der Waals surface area contributed by atoms with Gasteiger partial charge in [0.05, 0.1) is 0 Å². The van der Waals surface area contributed by atoms with Crippen LogP contribution in [-0.2, 0) is 0 Å². The van der Waals surface area contributed by atoms with Crippen molar-refractivity contribution in [3.63, 3.8) is 0 Å². The Morgan fingerprint density at radius 1 is 1.21 bits per heavy atom. The minimum atomic E-state index is 0.0528. The number of rotatable bonds is 3. The summed E-state index contributed by atoms with van der Waals surface area (Å²) < 4.78 is 0. The second-order valence-corrected chi connectivity index (χ2v) is 4.28. The van der Waals surface area contributed by atoms with E-state index in [9.17, 15) is 0 Å². The molecule has 0 radical (unpaired) electrons. The molecule has 0 amide bonds. The van der Waals surface area contributed by atoms with E-state index in [1.807, 2.05) is 37.1 Å². The van der Waals surface area contributed by atoms with Gasteiger partial charge in [0, 0.05) is 24.5 Å². The maximum Gasteiger partial charge on any atom is 0.171 e. The van der Waals surface area contributed by atoms with Crippen molar-refractivity contribution in [3.8, 4) is 0 Å². The van der Waals surface area contributed by atoms with Gasteiger partial charge in [-0.05, 0) is 31.2 Å². The standard InChI is InChI=1S/C14H16N4O/c1-10-3-6-12(7-4-10)18(2)13-8-5-11(9-16-13)14(15)17-19/h3-9,19H,1-2H3,(H2,15,17). The predicted molar refractivity (Wildman–Crippen MR) is 76.0 cm³/mol. The summed E-state index contributed by atoms with van der Waals surface area (Å²) in [6.07, 6.45) is 1.58. The first-order valence-corrected chi connectivity index (χ1v) is 5.86. The normalized spacial score (nSPS) is 11.4. The quantitative estimate of drug-likeness (QED) is 0.382. The number of aromatic nitrogens is 1. The van der Waals surface area contributed by atoms with E-state index in [1.165, 1.54) is 5.56 Å². The van der Waals surface area contributed by atoms with Crippen molar-refractivity contribution in [2.24, 2.45) is 10.9 Å². The molecule has 5 heteroatoms. The molecular formula is C14H16N4O. The third kappa shape index (κ3) is 2.82. The number of benzene rings is 1. The smallest absolute Gasteiger partial charge is 0.171 e. The molecule has 19 heavy (non-hydrogen) atoms. The van der Waals surface area contributed by atoms with Crippen LogP contribution in [0, 0.1) is 6.92 Å². The van der Waals surface area contributed by atoms with Gasteiger partial charge >= 0.3 is 0 Å². The Balaban J connectivity index is 2.24. The zero-order valence-electron chi connectivity index (χ0n) is 10.9. The summed E-state index contributed by atoms with van der Waals surface area (Å²) in [4.78, 5) is 6.27. The van der Waals surface area contributed by atoms with Crippen LogP contribution >= 0.6 is 0 Å². The third-order valence-corrected chi connectivity index (χ3v) is 2.92. The zero-order valence-corrected chi connectivity index (χ0v) is 10.9. The largest absolute Gasteiger partial charge is 0.409 e. The van der Waals surface area contributed by atoms with Crippen LogP contribution in [0.25, 0.3) is 0 Å². The Morgan fingerprint density at radius 2 is 1.89 bits per heavy atom. The lowest BCUT2D eigenvalue weighted by molar-refractivity contribution is 0.318. The Hall–Kier alpha value is -2.56. The molecule has 1 aromatic heterocycles. The minimum Gasteiger partial charge on any atom is -0.409 e. The van der Waals surface area contributed by atoms with E-state index >= 15 is 0 Å². The van der Waals surface area contributed by atoms with Gasteiger partial charge in [0.15, 0.2) is 5.84 Å². The molecule has 2 rings (SSSR count). The highest BCUT2D eigenvalue weighted by Gasteiger charge is 2.06. The van der Waals surface area contributed by atoms with Crippen molar-refractivity contribution in [3.05, 3.63) is 53.7 Å². The summed E-state index contributed by atoms with van der Waals surface area (Å²) in [5.41, 5.74) is 8.35. The number of aryl methyl sites for hydroxylation is 1. The van der Waals surface area contributed by atoms with Gasteiger partial charge in [0.1, 0.15) is 5.82 Å². The molecule has 0 spiro atoms. The van der Waals surface area contributed by atoms with Gasteiger partial charge in [0.2, 0.25) is 0 Å². The van der Waals surface area contributed by atoms with Crippen molar-refractivity contribution >= 4 is 17.3 Å². The second kappa shape index (κ2) is 5.39. The van der Waals surface area contributed by atoms with Crippen molar-refractivity contribution < 1.29 is 5.21 Å². The monoisotopic (exact) mass is 256 g/mol. The highest BCUT2D eigenvalue weighted by atomic mass is 16.4. The summed E-state index contributed by atoms with van der Waals surface area (Å²) in [6, 6.07) is 11.8. The van der Waals surface area contributed by atoms with Crippen LogP contribution in [-0.4, -0.2) is 23.1 Å². The zero-order chi connectivity index (χ0) is 13.8. The van der Waals surface area contributed by atoms with E-state index in [2.05, 4.69) is 22.3 Å². The maximum atomic E-state index is 8.60. The summed E-state index contributed by atoms with van der Waals surface area (Å²) in [5, 5.41) is 11.5. The van der Waals surface area contributed by atoms with E-state index in [4.69, 9.17) is 10.9 Å². The summed E-state index contributed by atoms with van der Waals surface area (Å²) in [6.45, 7) is 2.05. The molecule has 2 aromatic rings. The van der Waals surface area contributed by atoms with Crippen LogP contribution in [0.1, 0.15) is 11.1 Å². The molecule has 5 nitrogen and oxygen atoms in total. The van der Waals surface area contributed by atoms with Crippen LogP contribution in [0.15, 0.2) is 47.8 Å². The predicted octanol–water partition coefficient (Wildman–Crippen LogP) is 2.25. The van der Waals surface area contributed by atoms with Crippen LogP contribution in [0.5, 0.6) is 0 Å². The van der Waals surface area contributed by atoms with Crippen molar-refractivity contribution in [2.75, 3.05) is 11.9 Å². The van der Waals surface area contributed by atoms with Crippen LogP contribution in [0.3, 0.4) is 0 Å². The number of anilines is 2. The van der Waals surface area contributed by atoms with Crippen molar-refractivity contribution in [2.45, 2.75) is 6.92 Å². The Bertz CT molecular complexity index is 575. The third-order valence-electron chi connectivity index (χ3n) is 2.92. The summed E-state index contributed by atoms with van der Waals surface area (Å²) >= 11 is 0. The molecule has 3 N–H and O–H groups in total. The van der Waals surface area contributed by atoms with E-state index < -0.39 is 0 Å². The molecule has 0 bridgehead atoms. The molecule has 0 atom stereocenters. The first kappa shape index (κ1) is 12.9. The Kier molecular flexibility index (Phi) is 3.66. The molecule has 0 unspecified atom stereocenters. The van der Waals surface area contributed by atoms with E-state index in [0.29, 0.717) is 5.56 Å². The number of nitrogens with two attached hydrogens (primary N) is 1. The lowest BCUT2D eigenvalue weighted by Crippen LogP contribution is -2.15. The summed E-state index contributed by atoms with van der Waals surface area (Å²) in [7, 11) is 1.94. The van der Waals surface area contributed by atoms with Gasteiger partial charge in [-0.2, -0.15) is 0 Å². The molecule has 1 heterocycles. The van der Waals surface area contributed by atoms with Gasteiger partial charge < -0.3 is 15.8 Å². The van der Waals surface area contributed by atoms with Crippen LogP contribution in [0.2, 0.25) is 0 Å². The molecule has 98 valence electrons. The molecule has 0 aliphatic carbocycles. The SMILES string of the molecule is Cc1ccc(N(C)c2ccc(C(N)=NO)cn2)cc1. The fourth-order valence-corrected chi connectivity index (χ4v) is 1.69. The molecule has 0 saturated carbocycles. The van der Waals surface area contributed by atoms with Gasteiger partial charge in [-0.15, -0.1) is 0 Å². The van der Waals surface area contributed by atoms with Gasteiger partial charge in [0.25, 0.3) is 0 Å². The number of nitrogens with zero attached hydrogens (tertiary/aromatic N) is 3. The number of amidine groups is 1. The maximum absolute atomic E-state index is 8.60. The molecule has 0 aliphatic heterocycles. The minimum absolute atomic E-state index is 0.0528. The Labute approximate surface area is 112 Å². The van der Waals surface area contributed by atoms with E-state index in [0.717, 1.165) is 11.5 Å². The van der Waals surface area contributed by atoms with Crippen molar-refractivity contribution in [1.82, 2.24) is 4.98 Å². The highest BCUT2D eigenvalue weighted by molar-refractivity contribution is 5.96. The lowest BCUT2D eigenvalue weighted by atomic mass is 10.2. The fourth-order valence-electron chi connectivity index (χ4n) is 1.69. The van der Waals surface area contributed by atoms with Gasteiger partial charge in [-0.1, -0.05) is 22.9 Å². The first-order chi connectivity index (χ1) is 9.11. The topological polar surface area (TPSA) is 74.7 Å². The molecule has 1 aromatic carbocycles. The van der Waals surface area contributed by atoms with Gasteiger partial charge in [-0.25, -0.2) is 4.98 Å². The molecule has 0 fully saturated rings. The Morgan fingerprint density at radius 3 is 2.42 bits per heavy atom. The molecule has 0 aliphatic rings. The average Bonchev–Trinajstić information content (AvgIpc) is 2.46. The van der Waals surface area contributed by atoms with Crippen molar-refractivity contribution in [1.29, 1.82) is 0 Å². The summed E-state index contributed by atoms with van der Waals surface area (Å²) in [5.74, 6) is 0.843. The van der Waals surface area contributed by atoms with Crippen LogP contribution < -0.4 is 10.6 Å². The molecule has 0 saturated heterocycles. The molecular weight excluding hydrogens is 240 g/mol. The number of hydrogen-bond donors (Lipinski definition) is 2. The highest BCUT2D eigenvalue weighted by Crippen LogP contribution is 2.21. The lowest BCUT2D eigenvalue weighted by Gasteiger charge is -2.18. The second-order valence-electron chi connectivity index (χ2n) is 4.28. The average molecular weight is 256 g/mol. The number of pyridine rings is 1. The van der Waals surface area contributed by atoms with E-state index in [1.54, 1.807) is 12.3 Å². The van der Waals surface area contributed by atoms with Crippen LogP contribution in [0.4, 0.5) is 11.5 Å². The number of oxime groups is 1. The van der Waals surface area contributed by atoms with E-state index in [-0.39, 0.29) is 5.84 Å².